The Balaban J connectivity index is 2.76. The van der Waals surface area contributed by atoms with Crippen molar-refractivity contribution >= 4 is 9.73 Å². The van der Waals surface area contributed by atoms with Crippen LogP contribution in [-0.4, -0.2) is 27.4 Å². The number of alkyl halides is 1. The third-order valence-electron chi connectivity index (χ3n) is 1.32. The molecule has 1 fully saturated rings. The van der Waals surface area contributed by atoms with Crippen LogP contribution in [0.4, 0.5) is 4.39 Å². The number of halogens is 1. The zero-order valence-corrected chi connectivity index (χ0v) is 7.95. The molecule has 1 aliphatic rings. The summed E-state index contributed by atoms with van der Waals surface area (Å²) in [6.07, 6.45) is -0.881. The number of rotatable bonds is 0. The normalized spacial score (nSPS) is 38.0. The quantitative estimate of drug-likeness (QED) is 0.555. The molecule has 0 spiro atoms. The van der Waals surface area contributed by atoms with E-state index in [1.807, 2.05) is 20.8 Å². The van der Waals surface area contributed by atoms with Gasteiger partial charge in [-0.1, -0.05) is 0 Å². The van der Waals surface area contributed by atoms with E-state index in [0.29, 0.717) is 0 Å². The molecule has 1 rings (SSSR count). The molecule has 1 heterocycles. The second kappa shape index (κ2) is 2.44. The molecule has 0 atom stereocenters. The topological polar surface area (TPSA) is 29.4 Å². The molecule has 4 heteroatoms. The zero-order valence-electron chi connectivity index (χ0n) is 7.13. The van der Waals surface area contributed by atoms with Crippen molar-refractivity contribution in [3.8, 4) is 0 Å². The minimum Gasteiger partial charge on any atom is -0.250 e. The van der Waals surface area contributed by atoms with E-state index in [-0.39, 0.29) is 17.0 Å². The maximum absolute atomic E-state index is 12.3. The van der Waals surface area contributed by atoms with Gasteiger partial charge in [0, 0.05) is 0 Å². The maximum atomic E-state index is 12.3. The minimum absolute atomic E-state index is 0.143. The van der Waals surface area contributed by atoms with Gasteiger partial charge >= 0.3 is 0 Å². The Labute approximate surface area is 67.4 Å². The molecule has 0 saturated carbocycles. The molecule has 0 unspecified atom stereocenters. The van der Waals surface area contributed by atoms with Crippen molar-refractivity contribution in [2.75, 3.05) is 11.5 Å². The van der Waals surface area contributed by atoms with Crippen LogP contribution in [0.1, 0.15) is 20.8 Å². The molecule has 1 saturated heterocycles. The highest BCUT2D eigenvalue weighted by Crippen LogP contribution is 2.21. The Bertz CT molecular complexity index is 248. The fourth-order valence-electron chi connectivity index (χ4n) is 1.09. The number of hydrogen-bond donors (Lipinski definition) is 0. The molecule has 0 aliphatic carbocycles. The molecule has 0 N–H and O–H groups in total. The molecule has 0 aromatic heterocycles. The lowest BCUT2D eigenvalue weighted by Crippen LogP contribution is -2.39. The average Bonchev–Trinajstić information content (AvgIpc) is 1.53. The Morgan fingerprint density at radius 3 is 2.18 bits per heavy atom. The van der Waals surface area contributed by atoms with Gasteiger partial charge in [-0.05, 0) is 20.8 Å². The van der Waals surface area contributed by atoms with Gasteiger partial charge in [0.1, 0.15) is 6.17 Å². The molecule has 2 nitrogen and oxygen atoms in total. The summed E-state index contributed by atoms with van der Waals surface area (Å²) < 4.78 is 27.9. The second-order valence-electron chi connectivity index (χ2n) is 3.97. The van der Waals surface area contributed by atoms with Gasteiger partial charge in [0.2, 0.25) is 0 Å². The van der Waals surface area contributed by atoms with Gasteiger partial charge in [-0.15, -0.1) is 0 Å². The smallest absolute Gasteiger partial charge is 0.125 e. The first-order valence-electron chi connectivity index (χ1n) is 3.68. The first-order chi connectivity index (χ1) is 4.81. The van der Waals surface area contributed by atoms with Crippen LogP contribution < -0.4 is 0 Å². The van der Waals surface area contributed by atoms with Gasteiger partial charge in [-0.25, -0.2) is 13.0 Å². The van der Waals surface area contributed by atoms with E-state index >= 15 is 0 Å². The minimum atomic E-state index is -2.15. The van der Waals surface area contributed by atoms with Gasteiger partial charge in [0.25, 0.3) is 0 Å². The van der Waals surface area contributed by atoms with Crippen molar-refractivity contribution in [3.05, 3.63) is 0 Å². The van der Waals surface area contributed by atoms with Crippen LogP contribution >= 0.6 is 0 Å². The molecule has 1 aliphatic heterocycles. The standard InChI is InChI=1S/C7H14FNOS/c1-7(2,3)9-11(10)4-6(8)5-11/h6H,4-5H2,1-3H3. The van der Waals surface area contributed by atoms with Crippen molar-refractivity contribution in [2.24, 2.45) is 4.36 Å². The van der Waals surface area contributed by atoms with E-state index in [2.05, 4.69) is 4.36 Å². The van der Waals surface area contributed by atoms with Crippen LogP contribution in [0.3, 0.4) is 0 Å². The molecular weight excluding hydrogens is 165 g/mol. The van der Waals surface area contributed by atoms with Crippen molar-refractivity contribution in [1.29, 1.82) is 0 Å². The van der Waals surface area contributed by atoms with Crippen LogP contribution in [0.25, 0.3) is 0 Å². The van der Waals surface area contributed by atoms with Crippen molar-refractivity contribution in [1.82, 2.24) is 0 Å². The molecule has 0 aromatic carbocycles. The van der Waals surface area contributed by atoms with Gasteiger partial charge in [0.05, 0.1) is 26.8 Å². The van der Waals surface area contributed by atoms with Crippen molar-refractivity contribution in [3.63, 3.8) is 0 Å². The van der Waals surface area contributed by atoms with E-state index in [1.165, 1.54) is 0 Å². The van der Waals surface area contributed by atoms with E-state index in [1.54, 1.807) is 0 Å². The van der Waals surface area contributed by atoms with Crippen LogP contribution in [0, 0.1) is 0 Å². The average molecular weight is 179 g/mol. The Hall–Kier alpha value is -0.120. The predicted molar refractivity (Wildman–Crippen MR) is 45.0 cm³/mol. The van der Waals surface area contributed by atoms with Gasteiger partial charge in [-0.3, -0.25) is 0 Å². The van der Waals surface area contributed by atoms with Crippen molar-refractivity contribution < 1.29 is 8.60 Å². The highest BCUT2D eigenvalue weighted by molar-refractivity contribution is 7.95. The Kier molecular flexibility index (Phi) is 1.99. The largest absolute Gasteiger partial charge is 0.250 e. The second-order valence-corrected chi connectivity index (χ2v) is 6.36. The summed E-state index contributed by atoms with van der Waals surface area (Å²) in [5.74, 6) is 0.286. The molecule has 0 aromatic rings. The van der Waals surface area contributed by atoms with Gasteiger partial charge < -0.3 is 0 Å². The van der Waals surface area contributed by atoms with Crippen LogP contribution in [0.15, 0.2) is 4.36 Å². The molecular formula is C7H14FNOS. The summed E-state index contributed by atoms with van der Waals surface area (Å²) in [5.41, 5.74) is -0.294. The summed E-state index contributed by atoms with van der Waals surface area (Å²) in [6, 6.07) is 0. The van der Waals surface area contributed by atoms with Crippen LogP contribution in [0.5, 0.6) is 0 Å². The lowest BCUT2D eigenvalue weighted by atomic mass is 10.1. The van der Waals surface area contributed by atoms with E-state index in [0.717, 1.165) is 0 Å². The predicted octanol–water partition coefficient (Wildman–Crippen LogP) is 1.60. The van der Waals surface area contributed by atoms with E-state index in [9.17, 15) is 8.60 Å². The van der Waals surface area contributed by atoms with Crippen LogP contribution in [-0.2, 0) is 9.73 Å². The van der Waals surface area contributed by atoms with E-state index in [4.69, 9.17) is 0 Å². The fourth-order valence-corrected chi connectivity index (χ4v) is 3.27. The molecule has 11 heavy (non-hydrogen) atoms. The molecule has 0 amide bonds. The van der Waals surface area contributed by atoms with Gasteiger partial charge in [0.15, 0.2) is 0 Å². The molecule has 0 bridgehead atoms. The number of hydrogen-bond acceptors (Lipinski definition) is 2. The highest BCUT2D eigenvalue weighted by atomic mass is 32.2. The third kappa shape index (κ3) is 2.43. The lowest BCUT2D eigenvalue weighted by molar-refractivity contribution is 0.374. The maximum Gasteiger partial charge on any atom is 0.125 e. The monoisotopic (exact) mass is 179 g/mol. The van der Waals surface area contributed by atoms with Crippen LogP contribution in [0.2, 0.25) is 0 Å². The summed E-state index contributed by atoms with van der Waals surface area (Å²) in [7, 11) is -2.15. The summed E-state index contributed by atoms with van der Waals surface area (Å²) in [6.45, 7) is 5.64. The SMILES string of the molecule is CC(C)(C)N=S1(=O)CC(F)C1. The summed E-state index contributed by atoms with van der Waals surface area (Å²) in [5, 5.41) is 0. The third-order valence-corrected chi connectivity index (χ3v) is 3.97. The first-order valence-corrected chi connectivity index (χ1v) is 5.54. The number of nitrogens with zero attached hydrogens (tertiary/aromatic N) is 1. The summed E-state index contributed by atoms with van der Waals surface area (Å²) in [4.78, 5) is 0. The lowest BCUT2D eigenvalue weighted by Gasteiger charge is -2.26. The van der Waals surface area contributed by atoms with Gasteiger partial charge in [-0.2, -0.15) is 0 Å². The first kappa shape index (κ1) is 8.97. The highest BCUT2D eigenvalue weighted by Gasteiger charge is 2.32. The molecule has 0 radical (unpaired) electrons. The van der Waals surface area contributed by atoms with E-state index < -0.39 is 15.9 Å². The van der Waals surface area contributed by atoms with Crippen molar-refractivity contribution in [2.45, 2.75) is 32.5 Å². The Morgan fingerprint density at radius 2 is 1.91 bits per heavy atom. The fraction of sp³-hybridized carbons (Fsp3) is 1.00. The molecule has 66 valence electrons. The summed E-state index contributed by atoms with van der Waals surface area (Å²) >= 11 is 0. The Morgan fingerprint density at radius 1 is 1.45 bits per heavy atom. The zero-order chi connectivity index (χ0) is 8.70.